The Hall–Kier alpha value is -0.210. The highest BCUT2D eigenvalue weighted by atomic mass is 32.2. The van der Waals surface area contributed by atoms with E-state index in [4.69, 9.17) is 0 Å². The van der Waals surface area contributed by atoms with Crippen LogP contribution in [0.2, 0.25) is 0 Å². The minimum atomic E-state index is 0.162. The molecule has 0 aromatic carbocycles. The lowest BCUT2D eigenvalue weighted by Gasteiger charge is -2.36. The molecule has 2 N–H and O–H groups in total. The lowest BCUT2D eigenvalue weighted by molar-refractivity contribution is -0.127. The molecule has 26 heavy (non-hydrogen) atoms. The average molecular weight is 399 g/mol. The van der Waals surface area contributed by atoms with Gasteiger partial charge in [0.05, 0.1) is 12.0 Å². The molecule has 0 bridgehead atoms. The Morgan fingerprint density at radius 3 is 2.54 bits per heavy atom. The topological polar surface area (TPSA) is 47.6 Å². The summed E-state index contributed by atoms with van der Waals surface area (Å²) < 4.78 is 4.88. The fourth-order valence-corrected chi connectivity index (χ4v) is 6.03. The summed E-state index contributed by atoms with van der Waals surface area (Å²) in [5, 5.41) is 7.60. The number of nitrogens with zero attached hydrogens (tertiary/aromatic N) is 2. The Bertz CT molecular complexity index is 482. The third kappa shape index (κ3) is 5.89. The number of piperidine rings is 1. The lowest BCUT2D eigenvalue weighted by atomic mass is 9.98. The molecule has 5 nitrogen and oxygen atoms in total. The predicted molar refractivity (Wildman–Crippen MR) is 113 cm³/mol. The van der Waals surface area contributed by atoms with Crippen LogP contribution in [0.3, 0.4) is 0 Å². The average Bonchev–Trinajstić information content (AvgIpc) is 2.64. The van der Waals surface area contributed by atoms with Crippen molar-refractivity contribution in [3.8, 4) is 0 Å². The molecule has 2 heterocycles. The van der Waals surface area contributed by atoms with Crippen molar-refractivity contribution in [1.82, 2.24) is 19.2 Å². The first kappa shape index (κ1) is 20.5. The number of carbonyl (C=O) groups is 1. The number of hydrogen-bond acceptors (Lipinski definition) is 6. The SMILES string of the molecule is CCN(CC)SC1C=CC(SN2CCCC(C(=O)NC3CNC3)C2)CC1. The van der Waals surface area contributed by atoms with Gasteiger partial charge < -0.3 is 10.6 Å². The molecule has 3 unspecified atom stereocenters. The smallest absolute Gasteiger partial charge is 0.224 e. The molecule has 0 spiro atoms. The Kier molecular flexibility index (Phi) is 8.18. The van der Waals surface area contributed by atoms with Crippen molar-refractivity contribution < 1.29 is 4.79 Å². The minimum Gasteiger partial charge on any atom is -0.351 e. The third-order valence-corrected chi connectivity index (χ3v) is 8.20. The van der Waals surface area contributed by atoms with Crippen LogP contribution in [0.4, 0.5) is 0 Å². The van der Waals surface area contributed by atoms with Crippen molar-refractivity contribution in [3.63, 3.8) is 0 Å². The first-order valence-corrected chi connectivity index (χ1v) is 11.9. The van der Waals surface area contributed by atoms with Crippen molar-refractivity contribution in [3.05, 3.63) is 12.2 Å². The highest BCUT2D eigenvalue weighted by molar-refractivity contribution is 7.98. The highest BCUT2D eigenvalue weighted by Gasteiger charge is 2.30. The second-order valence-corrected chi connectivity index (χ2v) is 10.1. The quantitative estimate of drug-likeness (QED) is 0.484. The van der Waals surface area contributed by atoms with Gasteiger partial charge in [-0.15, -0.1) is 0 Å². The van der Waals surface area contributed by atoms with Gasteiger partial charge >= 0.3 is 0 Å². The standard InChI is InChI=1S/C19H34N4OS2/c1-3-22(4-2)25-17-7-9-18(10-8-17)26-23-11-5-6-15(14-23)19(24)21-16-12-20-13-16/h7,9,15-18,20H,3-6,8,10-14H2,1-2H3,(H,21,24). The summed E-state index contributed by atoms with van der Waals surface area (Å²) in [5.74, 6) is 0.423. The van der Waals surface area contributed by atoms with Crippen LogP contribution >= 0.6 is 23.9 Å². The summed E-state index contributed by atoms with van der Waals surface area (Å²) in [5.41, 5.74) is 0. The van der Waals surface area contributed by atoms with Crippen LogP contribution in [0.1, 0.15) is 39.5 Å². The zero-order valence-corrected chi connectivity index (χ0v) is 17.8. The first-order valence-electron chi connectivity index (χ1n) is 10.2. The second kappa shape index (κ2) is 10.4. The Labute approximate surface area is 167 Å². The zero-order chi connectivity index (χ0) is 18.4. The largest absolute Gasteiger partial charge is 0.351 e. The van der Waals surface area contributed by atoms with Crippen LogP contribution < -0.4 is 10.6 Å². The molecule has 3 rings (SSSR count). The number of hydrogen-bond donors (Lipinski definition) is 2. The van der Waals surface area contributed by atoms with Crippen LogP contribution in [0.25, 0.3) is 0 Å². The molecule has 0 radical (unpaired) electrons. The molecule has 3 atom stereocenters. The van der Waals surface area contributed by atoms with Crippen molar-refractivity contribution >= 4 is 29.8 Å². The van der Waals surface area contributed by atoms with Gasteiger partial charge in [0, 0.05) is 49.8 Å². The van der Waals surface area contributed by atoms with Crippen LogP contribution in [0, 0.1) is 5.92 Å². The summed E-state index contributed by atoms with van der Waals surface area (Å²) in [4.78, 5) is 12.4. The van der Waals surface area contributed by atoms with Gasteiger partial charge in [0.15, 0.2) is 0 Å². The summed E-state index contributed by atoms with van der Waals surface area (Å²) >= 11 is 3.96. The van der Waals surface area contributed by atoms with Gasteiger partial charge in [0.25, 0.3) is 0 Å². The van der Waals surface area contributed by atoms with Gasteiger partial charge in [-0.2, -0.15) is 0 Å². The van der Waals surface area contributed by atoms with E-state index in [1.807, 2.05) is 23.9 Å². The number of carbonyl (C=O) groups excluding carboxylic acids is 1. The maximum atomic E-state index is 12.4. The van der Waals surface area contributed by atoms with E-state index in [1.54, 1.807) is 0 Å². The maximum absolute atomic E-state index is 12.4. The highest BCUT2D eigenvalue weighted by Crippen LogP contribution is 2.34. The normalized spacial score (nSPS) is 30.3. The minimum absolute atomic E-state index is 0.162. The number of amides is 1. The molecule has 2 aliphatic heterocycles. The molecule has 1 amide bonds. The van der Waals surface area contributed by atoms with Gasteiger partial charge in [0.1, 0.15) is 0 Å². The molecule has 2 fully saturated rings. The van der Waals surface area contributed by atoms with Crippen LogP contribution in [0.5, 0.6) is 0 Å². The van der Waals surface area contributed by atoms with E-state index in [9.17, 15) is 4.79 Å². The number of rotatable bonds is 8. The summed E-state index contributed by atoms with van der Waals surface area (Å²) in [7, 11) is 0. The molecular formula is C19H34N4OS2. The lowest BCUT2D eigenvalue weighted by Crippen LogP contribution is -2.58. The van der Waals surface area contributed by atoms with E-state index >= 15 is 0 Å². The van der Waals surface area contributed by atoms with Crippen LogP contribution in [-0.2, 0) is 4.79 Å². The van der Waals surface area contributed by atoms with Gasteiger partial charge in [-0.3, -0.25) is 9.10 Å². The second-order valence-electron chi connectivity index (χ2n) is 7.46. The molecule has 0 aromatic heterocycles. The summed E-state index contributed by atoms with van der Waals surface area (Å²) in [6, 6.07) is 0.354. The van der Waals surface area contributed by atoms with Crippen molar-refractivity contribution in [2.24, 2.45) is 5.92 Å². The summed E-state index contributed by atoms with van der Waals surface area (Å²) in [6.07, 6.45) is 9.46. The van der Waals surface area contributed by atoms with Gasteiger partial charge in [-0.1, -0.05) is 49.9 Å². The Morgan fingerprint density at radius 2 is 1.92 bits per heavy atom. The van der Waals surface area contributed by atoms with E-state index in [0.717, 1.165) is 52.1 Å². The third-order valence-electron chi connectivity index (χ3n) is 5.43. The van der Waals surface area contributed by atoms with E-state index in [-0.39, 0.29) is 11.8 Å². The van der Waals surface area contributed by atoms with Crippen molar-refractivity contribution in [1.29, 1.82) is 0 Å². The maximum Gasteiger partial charge on any atom is 0.224 e. The van der Waals surface area contributed by atoms with E-state index < -0.39 is 0 Å². The monoisotopic (exact) mass is 398 g/mol. The van der Waals surface area contributed by atoms with Crippen molar-refractivity contribution in [2.75, 3.05) is 39.3 Å². The fraction of sp³-hybridized carbons (Fsp3) is 0.842. The van der Waals surface area contributed by atoms with Gasteiger partial charge in [0.2, 0.25) is 5.91 Å². The predicted octanol–water partition coefficient (Wildman–Crippen LogP) is 2.51. The summed E-state index contributed by atoms with van der Waals surface area (Å²) in [6.45, 7) is 10.5. The first-order chi connectivity index (χ1) is 12.7. The molecule has 3 aliphatic rings. The van der Waals surface area contributed by atoms with Crippen LogP contribution in [-0.4, -0.2) is 70.3 Å². The molecule has 1 aliphatic carbocycles. The molecule has 148 valence electrons. The number of nitrogens with one attached hydrogen (secondary N) is 2. The van der Waals surface area contributed by atoms with Crippen LogP contribution in [0.15, 0.2) is 12.2 Å². The molecule has 7 heteroatoms. The molecule has 0 aromatic rings. The van der Waals surface area contributed by atoms with Gasteiger partial charge in [-0.05, 0) is 25.7 Å². The molecular weight excluding hydrogens is 364 g/mol. The molecule has 0 saturated carbocycles. The Morgan fingerprint density at radius 1 is 1.19 bits per heavy atom. The Balaban J connectivity index is 1.41. The zero-order valence-electron chi connectivity index (χ0n) is 16.2. The molecule has 2 saturated heterocycles. The van der Waals surface area contributed by atoms with E-state index in [0.29, 0.717) is 16.5 Å². The van der Waals surface area contributed by atoms with E-state index in [2.05, 4.69) is 45.2 Å². The van der Waals surface area contributed by atoms with E-state index in [1.165, 1.54) is 12.8 Å². The van der Waals surface area contributed by atoms with Gasteiger partial charge in [-0.25, -0.2) is 4.31 Å². The van der Waals surface area contributed by atoms with Crippen molar-refractivity contribution in [2.45, 2.75) is 56.1 Å². The fourth-order valence-electron chi connectivity index (χ4n) is 3.66.